The summed E-state index contributed by atoms with van der Waals surface area (Å²) in [5.41, 5.74) is 0.579. The van der Waals surface area contributed by atoms with E-state index in [1.807, 2.05) is 38.6 Å². The molecule has 0 saturated heterocycles. The van der Waals surface area contributed by atoms with Gasteiger partial charge in [0.05, 0.1) is 12.0 Å². The van der Waals surface area contributed by atoms with Gasteiger partial charge in [0.25, 0.3) is 0 Å². The smallest absolute Gasteiger partial charge is 0.410 e. The molecule has 0 unspecified atom stereocenters. The number of imidazole rings is 1. The number of rotatable bonds is 6. The number of nitrogens with zero attached hydrogens (tertiary/aromatic N) is 3. The van der Waals surface area contributed by atoms with Gasteiger partial charge in [-0.2, -0.15) is 0 Å². The van der Waals surface area contributed by atoms with E-state index in [1.165, 1.54) is 0 Å². The third-order valence-electron chi connectivity index (χ3n) is 2.62. The van der Waals surface area contributed by atoms with Crippen LogP contribution in [-0.4, -0.2) is 46.3 Å². The molecule has 114 valence electrons. The molecule has 6 nitrogen and oxygen atoms in total. The summed E-state index contributed by atoms with van der Waals surface area (Å²) in [6, 6.07) is 0. The molecule has 1 rings (SSSR count). The minimum absolute atomic E-state index is 0.276. The van der Waals surface area contributed by atoms with Crippen molar-refractivity contribution in [2.45, 2.75) is 39.3 Å². The minimum atomic E-state index is -0.442. The fourth-order valence-electron chi connectivity index (χ4n) is 1.65. The van der Waals surface area contributed by atoms with Crippen molar-refractivity contribution in [3.8, 4) is 0 Å². The number of ether oxygens (including phenoxy) is 1. The summed E-state index contributed by atoms with van der Waals surface area (Å²) < 4.78 is 7.21. The number of hydrogen-bond donors (Lipinski definition) is 1. The van der Waals surface area contributed by atoms with E-state index >= 15 is 0 Å². The summed E-state index contributed by atoms with van der Waals surface area (Å²) in [5, 5.41) is 3.30. The van der Waals surface area contributed by atoms with Crippen molar-refractivity contribution in [1.82, 2.24) is 19.8 Å². The Labute approximate surface area is 121 Å². The Balaban J connectivity index is 2.13. The van der Waals surface area contributed by atoms with Crippen LogP contribution in [0.1, 0.15) is 32.9 Å². The largest absolute Gasteiger partial charge is 0.444 e. The summed E-state index contributed by atoms with van der Waals surface area (Å²) in [5.74, 6) is 0. The normalized spacial score (nSPS) is 11.4. The SMILES string of the molecule is CN(CCCNCc1cn(C)cn1)C(=O)OC(C)(C)C. The lowest BCUT2D eigenvalue weighted by Gasteiger charge is -2.24. The van der Waals surface area contributed by atoms with Gasteiger partial charge in [0.1, 0.15) is 5.60 Å². The van der Waals surface area contributed by atoms with Crippen molar-refractivity contribution >= 4 is 6.09 Å². The number of hydrogen-bond acceptors (Lipinski definition) is 4. The van der Waals surface area contributed by atoms with Gasteiger partial charge in [0, 0.05) is 33.4 Å². The van der Waals surface area contributed by atoms with Gasteiger partial charge in [0.15, 0.2) is 0 Å². The zero-order chi connectivity index (χ0) is 15.2. The minimum Gasteiger partial charge on any atom is -0.444 e. The van der Waals surface area contributed by atoms with Gasteiger partial charge in [-0.25, -0.2) is 9.78 Å². The molecule has 0 radical (unpaired) electrons. The standard InChI is InChI=1S/C14H26N4O2/c1-14(2,3)20-13(19)18(5)8-6-7-15-9-12-10-17(4)11-16-12/h10-11,15H,6-9H2,1-5H3. The third-order valence-corrected chi connectivity index (χ3v) is 2.62. The van der Waals surface area contributed by atoms with Crippen molar-refractivity contribution in [3.05, 3.63) is 18.2 Å². The predicted octanol–water partition coefficient (Wildman–Crippen LogP) is 1.77. The number of aromatic nitrogens is 2. The van der Waals surface area contributed by atoms with Crippen LogP contribution in [0.15, 0.2) is 12.5 Å². The second-order valence-corrected chi connectivity index (χ2v) is 5.96. The summed E-state index contributed by atoms with van der Waals surface area (Å²) in [6.45, 7) is 7.86. The van der Waals surface area contributed by atoms with Gasteiger partial charge < -0.3 is 19.5 Å². The monoisotopic (exact) mass is 282 g/mol. The van der Waals surface area contributed by atoms with E-state index in [1.54, 1.807) is 18.3 Å². The number of nitrogens with one attached hydrogen (secondary N) is 1. The molecular formula is C14H26N4O2. The lowest BCUT2D eigenvalue weighted by atomic mass is 10.2. The average molecular weight is 282 g/mol. The molecule has 1 N–H and O–H groups in total. The van der Waals surface area contributed by atoms with Crippen LogP contribution in [0.5, 0.6) is 0 Å². The lowest BCUT2D eigenvalue weighted by Crippen LogP contribution is -2.35. The van der Waals surface area contributed by atoms with Crippen LogP contribution in [0.3, 0.4) is 0 Å². The van der Waals surface area contributed by atoms with E-state index in [0.717, 1.165) is 25.2 Å². The van der Waals surface area contributed by atoms with E-state index in [9.17, 15) is 4.79 Å². The topological polar surface area (TPSA) is 59.4 Å². The fourth-order valence-corrected chi connectivity index (χ4v) is 1.65. The van der Waals surface area contributed by atoms with Crippen LogP contribution in [0.25, 0.3) is 0 Å². The van der Waals surface area contributed by atoms with Gasteiger partial charge in [-0.3, -0.25) is 0 Å². The molecule has 1 aromatic rings. The first kappa shape index (κ1) is 16.5. The molecule has 6 heteroatoms. The van der Waals surface area contributed by atoms with Crippen LogP contribution in [0.4, 0.5) is 4.79 Å². The van der Waals surface area contributed by atoms with Crippen molar-refractivity contribution in [3.63, 3.8) is 0 Å². The van der Waals surface area contributed by atoms with E-state index in [-0.39, 0.29) is 6.09 Å². The fraction of sp³-hybridized carbons (Fsp3) is 0.714. The maximum absolute atomic E-state index is 11.7. The molecule has 0 saturated carbocycles. The second kappa shape index (κ2) is 7.28. The zero-order valence-corrected chi connectivity index (χ0v) is 13.1. The number of carbonyl (C=O) groups is 1. The quantitative estimate of drug-likeness (QED) is 0.808. The van der Waals surface area contributed by atoms with Crippen LogP contribution >= 0.6 is 0 Å². The maximum Gasteiger partial charge on any atom is 0.410 e. The van der Waals surface area contributed by atoms with Crippen molar-refractivity contribution < 1.29 is 9.53 Å². The first-order valence-electron chi connectivity index (χ1n) is 6.89. The molecule has 1 amide bonds. The second-order valence-electron chi connectivity index (χ2n) is 5.96. The Bertz CT molecular complexity index is 423. The summed E-state index contributed by atoms with van der Waals surface area (Å²) in [7, 11) is 3.71. The molecule has 20 heavy (non-hydrogen) atoms. The Morgan fingerprint density at radius 2 is 2.20 bits per heavy atom. The summed E-state index contributed by atoms with van der Waals surface area (Å²) in [6.07, 6.45) is 4.37. The predicted molar refractivity (Wildman–Crippen MR) is 78.4 cm³/mol. The molecule has 1 heterocycles. The molecule has 0 aromatic carbocycles. The molecule has 0 aliphatic heterocycles. The Morgan fingerprint density at radius 3 is 2.75 bits per heavy atom. The van der Waals surface area contributed by atoms with E-state index in [2.05, 4.69) is 10.3 Å². The Hall–Kier alpha value is -1.56. The van der Waals surface area contributed by atoms with Crippen LogP contribution in [-0.2, 0) is 18.3 Å². The molecule has 0 aliphatic rings. The van der Waals surface area contributed by atoms with E-state index < -0.39 is 5.60 Å². The maximum atomic E-state index is 11.7. The highest BCUT2D eigenvalue weighted by Crippen LogP contribution is 2.09. The first-order valence-corrected chi connectivity index (χ1v) is 6.89. The number of carbonyl (C=O) groups excluding carboxylic acids is 1. The summed E-state index contributed by atoms with van der Waals surface area (Å²) >= 11 is 0. The molecule has 0 spiro atoms. The van der Waals surface area contributed by atoms with Crippen molar-refractivity contribution in [2.75, 3.05) is 20.1 Å². The lowest BCUT2D eigenvalue weighted by molar-refractivity contribution is 0.0297. The van der Waals surface area contributed by atoms with Gasteiger partial charge in [-0.15, -0.1) is 0 Å². The van der Waals surface area contributed by atoms with E-state index in [0.29, 0.717) is 6.54 Å². The van der Waals surface area contributed by atoms with Gasteiger partial charge in [-0.05, 0) is 33.7 Å². The number of amides is 1. The summed E-state index contributed by atoms with van der Waals surface area (Å²) in [4.78, 5) is 17.6. The average Bonchev–Trinajstić information content (AvgIpc) is 2.72. The number of aryl methyl sites for hydroxylation is 1. The van der Waals surface area contributed by atoms with Gasteiger partial charge in [-0.1, -0.05) is 0 Å². The molecule has 0 atom stereocenters. The molecule has 0 bridgehead atoms. The highest BCUT2D eigenvalue weighted by Gasteiger charge is 2.18. The highest BCUT2D eigenvalue weighted by molar-refractivity contribution is 5.67. The third kappa shape index (κ3) is 6.56. The molecule has 0 fully saturated rings. The molecular weight excluding hydrogens is 256 g/mol. The molecule has 1 aromatic heterocycles. The highest BCUT2D eigenvalue weighted by atomic mass is 16.6. The van der Waals surface area contributed by atoms with Gasteiger partial charge >= 0.3 is 6.09 Å². The molecule has 0 aliphatic carbocycles. The van der Waals surface area contributed by atoms with Crippen LogP contribution < -0.4 is 5.32 Å². The Morgan fingerprint density at radius 1 is 1.50 bits per heavy atom. The first-order chi connectivity index (χ1) is 9.28. The Kier molecular flexibility index (Phi) is 6.01. The van der Waals surface area contributed by atoms with Crippen molar-refractivity contribution in [2.24, 2.45) is 7.05 Å². The van der Waals surface area contributed by atoms with E-state index in [4.69, 9.17) is 4.74 Å². The zero-order valence-electron chi connectivity index (χ0n) is 13.1. The van der Waals surface area contributed by atoms with Crippen LogP contribution in [0, 0.1) is 0 Å². The van der Waals surface area contributed by atoms with Crippen LogP contribution in [0.2, 0.25) is 0 Å². The van der Waals surface area contributed by atoms with Crippen molar-refractivity contribution in [1.29, 1.82) is 0 Å². The van der Waals surface area contributed by atoms with Gasteiger partial charge in [0.2, 0.25) is 0 Å².